The van der Waals surface area contributed by atoms with Crippen LogP contribution in [0.15, 0.2) is 36.5 Å². The molecular formula is C19H21N5O3S. The number of pyridine rings is 1. The summed E-state index contributed by atoms with van der Waals surface area (Å²) in [5.41, 5.74) is 2.66. The summed E-state index contributed by atoms with van der Waals surface area (Å²) >= 11 is 0. The Balaban J connectivity index is 1.68. The fraction of sp³-hybridized carbons (Fsp3) is 0.316. The standard InChI is InChI=1S/C19H21N5O3S/c1-13-16-11-14(19(25)22-28(2,26)27)5-7-17(16)24(21-13)15-6-8-18(20-12-15)23-9-3-4-10-23/h5-8,11-12H,3-4,9-10H2,1-2H3,(H,22,25). The normalized spacial score (nSPS) is 14.6. The number of aryl methyl sites for hydroxylation is 1. The van der Waals surface area contributed by atoms with Gasteiger partial charge >= 0.3 is 0 Å². The summed E-state index contributed by atoms with van der Waals surface area (Å²) in [5, 5.41) is 5.36. The molecule has 3 aromatic rings. The maximum Gasteiger partial charge on any atom is 0.264 e. The van der Waals surface area contributed by atoms with Crippen molar-refractivity contribution in [3.05, 3.63) is 47.8 Å². The average molecular weight is 399 g/mol. The molecule has 4 rings (SSSR count). The first kappa shape index (κ1) is 18.4. The molecule has 0 aliphatic carbocycles. The van der Waals surface area contributed by atoms with E-state index in [1.54, 1.807) is 29.1 Å². The van der Waals surface area contributed by atoms with Crippen molar-refractivity contribution in [1.82, 2.24) is 19.5 Å². The number of hydrogen-bond acceptors (Lipinski definition) is 6. The van der Waals surface area contributed by atoms with E-state index in [1.165, 1.54) is 12.8 Å². The minimum absolute atomic E-state index is 0.267. The third-order valence-corrected chi connectivity index (χ3v) is 5.37. The van der Waals surface area contributed by atoms with Gasteiger partial charge in [0.15, 0.2) is 0 Å². The number of carbonyl (C=O) groups excluding carboxylic acids is 1. The van der Waals surface area contributed by atoms with E-state index in [0.717, 1.165) is 47.4 Å². The lowest BCUT2D eigenvalue weighted by atomic mass is 10.1. The first-order chi connectivity index (χ1) is 13.3. The molecule has 1 fully saturated rings. The number of nitrogens with one attached hydrogen (secondary N) is 1. The molecular weight excluding hydrogens is 378 g/mol. The summed E-state index contributed by atoms with van der Waals surface area (Å²) in [7, 11) is -3.62. The Bertz CT molecular complexity index is 1150. The van der Waals surface area contributed by atoms with E-state index >= 15 is 0 Å². The van der Waals surface area contributed by atoms with Crippen molar-refractivity contribution in [1.29, 1.82) is 0 Å². The highest BCUT2D eigenvalue weighted by Gasteiger charge is 2.16. The van der Waals surface area contributed by atoms with Crippen LogP contribution in [0.3, 0.4) is 0 Å². The molecule has 0 atom stereocenters. The Morgan fingerprint density at radius 1 is 1.14 bits per heavy atom. The second kappa shape index (κ2) is 6.90. The van der Waals surface area contributed by atoms with Crippen molar-refractivity contribution in [3.63, 3.8) is 0 Å². The Labute approximate surface area is 163 Å². The van der Waals surface area contributed by atoms with E-state index in [4.69, 9.17) is 0 Å². The van der Waals surface area contributed by atoms with Crippen molar-refractivity contribution >= 4 is 32.7 Å². The molecule has 1 N–H and O–H groups in total. The number of amides is 1. The van der Waals surface area contributed by atoms with Crippen LogP contribution in [0, 0.1) is 6.92 Å². The fourth-order valence-corrected chi connectivity index (χ4v) is 3.93. The molecule has 0 radical (unpaired) electrons. The second-order valence-corrected chi connectivity index (χ2v) is 8.75. The Kier molecular flexibility index (Phi) is 4.54. The second-order valence-electron chi connectivity index (χ2n) is 7.00. The maximum absolute atomic E-state index is 12.1. The molecule has 8 nitrogen and oxygen atoms in total. The number of fused-ring (bicyclic) bond motifs is 1. The SMILES string of the molecule is Cc1nn(-c2ccc(N3CCCC3)nc2)c2ccc(C(=O)NS(C)(=O)=O)cc12. The largest absolute Gasteiger partial charge is 0.357 e. The highest BCUT2D eigenvalue weighted by atomic mass is 32.2. The minimum atomic E-state index is -3.62. The lowest BCUT2D eigenvalue weighted by Crippen LogP contribution is -2.29. The number of anilines is 1. The quantitative estimate of drug-likeness (QED) is 0.721. The van der Waals surface area contributed by atoms with Gasteiger partial charge in [-0.2, -0.15) is 5.10 Å². The van der Waals surface area contributed by atoms with Crippen molar-refractivity contribution in [2.45, 2.75) is 19.8 Å². The molecule has 1 aliphatic rings. The summed E-state index contributed by atoms with van der Waals surface area (Å²) in [6.45, 7) is 3.92. The summed E-state index contributed by atoms with van der Waals surface area (Å²) in [5.74, 6) is 0.308. The molecule has 28 heavy (non-hydrogen) atoms. The number of benzene rings is 1. The molecule has 9 heteroatoms. The zero-order chi connectivity index (χ0) is 19.9. The van der Waals surface area contributed by atoms with Gasteiger partial charge in [0.2, 0.25) is 10.0 Å². The highest BCUT2D eigenvalue weighted by molar-refractivity contribution is 7.89. The third-order valence-electron chi connectivity index (χ3n) is 4.81. The number of rotatable bonds is 4. The van der Waals surface area contributed by atoms with Gasteiger partial charge in [-0.25, -0.2) is 22.8 Å². The predicted octanol–water partition coefficient (Wildman–Crippen LogP) is 2.02. The molecule has 2 aromatic heterocycles. The Morgan fingerprint density at radius 3 is 2.54 bits per heavy atom. The van der Waals surface area contributed by atoms with Crippen molar-refractivity contribution in [3.8, 4) is 5.69 Å². The van der Waals surface area contributed by atoms with E-state index in [0.29, 0.717) is 0 Å². The van der Waals surface area contributed by atoms with Gasteiger partial charge in [-0.3, -0.25) is 4.79 Å². The van der Waals surface area contributed by atoms with E-state index in [1.807, 2.05) is 23.8 Å². The molecule has 1 aromatic carbocycles. The molecule has 1 aliphatic heterocycles. The molecule has 0 spiro atoms. The van der Waals surface area contributed by atoms with Gasteiger partial charge in [0.25, 0.3) is 5.91 Å². The predicted molar refractivity (Wildman–Crippen MR) is 107 cm³/mol. The smallest absolute Gasteiger partial charge is 0.264 e. The van der Waals surface area contributed by atoms with Crippen LogP contribution in [0.5, 0.6) is 0 Å². The highest BCUT2D eigenvalue weighted by Crippen LogP contribution is 2.24. The van der Waals surface area contributed by atoms with E-state index in [2.05, 4.69) is 15.0 Å². The van der Waals surface area contributed by atoms with Crippen LogP contribution >= 0.6 is 0 Å². The molecule has 1 amide bonds. The summed E-state index contributed by atoms with van der Waals surface area (Å²) in [6, 6.07) is 8.99. The molecule has 0 saturated carbocycles. The first-order valence-electron chi connectivity index (χ1n) is 9.05. The van der Waals surface area contributed by atoms with Crippen LogP contribution in [-0.4, -0.2) is 48.4 Å². The Hall–Kier alpha value is -2.94. The number of sulfonamides is 1. The summed E-state index contributed by atoms with van der Waals surface area (Å²) < 4.78 is 26.4. The van der Waals surface area contributed by atoms with Crippen LogP contribution in [0.2, 0.25) is 0 Å². The minimum Gasteiger partial charge on any atom is -0.357 e. The lowest BCUT2D eigenvalue weighted by molar-refractivity contribution is 0.0982. The van der Waals surface area contributed by atoms with Gasteiger partial charge in [-0.05, 0) is 50.1 Å². The van der Waals surface area contributed by atoms with E-state index < -0.39 is 15.9 Å². The van der Waals surface area contributed by atoms with Crippen molar-refractivity contribution in [2.24, 2.45) is 0 Å². The molecule has 146 valence electrons. The van der Waals surface area contributed by atoms with Gasteiger partial charge in [0, 0.05) is 24.0 Å². The maximum atomic E-state index is 12.1. The third kappa shape index (κ3) is 3.57. The van der Waals surface area contributed by atoms with Crippen molar-refractivity contribution < 1.29 is 13.2 Å². The number of hydrogen-bond donors (Lipinski definition) is 1. The van der Waals surface area contributed by atoms with Gasteiger partial charge in [-0.15, -0.1) is 0 Å². The van der Waals surface area contributed by atoms with Crippen LogP contribution in [0.4, 0.5) is 5.82 Å². The number of carbonyl (C=O) groups is 1. The summed E-state index contributed by atoms with van der Waals surface area (Å²) in [4.78, 5) is 19.0. The van der Waals surface area contributed by atoms with Crippen molar-refractivity contribution in [2.75, 3.05) is 24.2 Å². The first-order valence-corrected chi connectivity index (χ1v) is 10.9. The summed E-state index contributed by atoms with van der Waals surface area (Å²) in [6.07, 6.45) is 5.14. The van der Waals surface area contributed by atoms with Gasteiger partial charge in [-0.1, -0.05) is 0 Å². The number of nitrogens with zero attached hydrogens (tertiary/aromatic N) is 4. The lowest BCUT2D eigenvalue weighted by Gasteiger charge is -2.16. The zero-order valence-corrected chi connectivity index (χ0v) is 16.5. The zero-order valence-electron chi connectivity index (χ0n) is 15.7. The monoisotopic (exact) mass is 399 g/mol. The fourth-order valence-electron chi connectivity index (χ4n) is 3.47. The van der Waals surface area contributed by atoms with E-state index in [-0.39, 0.29) is 5.56 Å². The van der Waals surface area contributed by atoms with Crippen LogP contribution in [-0.2, 0) is 10.0 Å². The van der Waals surface area contributed by atoms with Gasteiger partial charge in [0.1, 0.15) is 5.82 Å². The average Bonchev–Trinajstić information content (AvgIpc) is 3.29. The van der Waals surface area contributed by atoms with Crippen LogP contribution in [0.1, 0.15) is 28.9 Å². The van der Waals surface area contributed by atoms with Gasteiger partial charge < -0.3 is 4.90 Å². The topological polar surface area (TPSA) is 97.2 Å². The van der Waals surface area contributed by atoms with Crippen LogP contribution in [0.25, 0.3) is 16.6 Å². The van der Waals surface area contributed by atoms with Gasteiger partial charge in [0.05, 0.1) is 29.4 Å². The molecule has 3 heterocycles. The molecule has 1 saturated heterocycles. The van der Waals surface area contributed by atoms with Crippen LogP contribution < -0.4 is 9.62 Å². The molecule has 0 bridgehead atoms. The molecule has 0 unspecified atom stereocenters. The Morgan fingerprint density at radius 2 is 1.89 bits per heavy atom. The number of aromatic nitrogens is 3. The van der Waals surface area contributed by atoms with E-state index in [9.17, 15) is 13.2 Å².